The molecule has 2 amide bonds. The number of nitrogens with zero attached hydrogens (tertiary/aromatic N) is 2. The number of hydrogen-bond donors (Lipinski definition) is 0. The van der Waals surface area contributed by atoms with Gasteiger partial charge in [-0.1, -0.05) is 11.8 Å². The maximum absolute atomic E-state index is 13.8. The van der Waals surface area contributed by atoms with E-state index >= 15 is 0 Å². The SMILES string of the molecule is CSC(=O)N(Cc1cc(C(F)(F)F)cc(C(F)(F)F)c1)C1CC(C2CC2)N(C(=O)OC(C)C)c2ccc(C(F)(F)F)cc21. The summed E-state index contributed by atoms with van der Waals surface area (Å²) in [4.78, 5) is 28.7. The molecule has 1 fully saturated rings. The number of amides is 2. The Labute approximate surface area is 245 Å². The van der Waals surface area contributed by atoms with Crippen LogP contribution in [0.25, 0.3) is 0 Å². The number of carbonyl (C=O) groups excluding carboxylic acids is 2. The fourth-order valence-corrected chi connectivity index (χ4v) is 5.68. The maximum atomic E-state index is 13.8. The van der Waals surface area contributed by atoms with Gasteiger partial charge in [0.05, 0.1) is 34.5 Å². The van der Waals surface area contributed by atoms with Gasteiger partial charge in [0.15, 0.2) is 0 Å². The lowest BCUT2D eigenvalue weighted by atomic mass is 9.86. The van der Waals surface area contributed by atoms with Crippen molar-refractivity contribution in [2.75, 3.05) is 11.2 Å². The van der Waals surface area contributed by atoms with Crippen molar-refractivity contribution in [1.29, 1.82) is 0 Å². The number of alkyl halides is 9. The number of carbonyl (C=O) groups is 2. The highest BCUT2D eigenvalue weighted by Crippen LogP contribution is 2.50. The Kier molecular flexibility index (Phi) is 8.98. The van der Waals surface area contributed by atoms with Crippen molar-refractivity contribution < 1.29 is 53.8 Å². The summed E-state index contributed by atoms with van der Waals surface area (Å²) in [5.74, 6) is -0.103. The second-order valence-corrected chi connectivity index (χ2v) is 11.5. The van der Waals surface area contributed by atoms with Crippen LogP contribution in [0.1, 0.15) is 67.0 Å². The van der Waals surface area contributed by atoms with E-state index in [1.807, 2.05) is 0 Å². The summed E-state index contributed by atoms with van der Waals surface area (Å²) in [5, 5.41) is -0.785. The van der Waals surface area contributed by atoms with E-state index in [1.54, 1.807) is 13.8 Å². The summed E-state index contributed by atoms with van der Waals surface area (Å²) in [5.41, 5.74) is -4.90. The molecule has 0 bridgehead atoms. The number of benzene rings is 2. The van der Waals surface area contributed by atoms with Crippen LogP contribution in [0.15, 0.2) is 36.4 Å². The zero-order chi connectivity index (χ0) is 32.1. The molecule has 5 nitrogen and oxygen atoms in total. The van der Waals surface area contributed by atoms with Crippen molar-refractivity contribution in [2.24, 2.45) is 5.92 Å². The van der Waals surface area contributed by atoms with Crippen molar-refractivity contribution >= 4 is 28.8 Å². The molecule has 0 saturated heterocycles. The van der Waals surface area contributed by atoms with Gasteiger partial charge in [0, 0.05) is 12.6 Å². The molecule has 1 aliphatic carbocycles. The van der Waals surface area contributed by atoms with Crippen LogP contribution in [0.4, 0.5) is 54.8 Å². The van der Waals surface area contributed by atoms with Crippen LogP contribution < -0.4 is 4.90 Å². The van der Waals surface area contributed by atoms with Gasteiger partial charge >= 0.3 is 24.6 Å². The first-order chi connectivity index (χ1) is 19.8. The first-order valence-corrected chi connectivity index (χ1v) is 14.4. The van der Waals surface area contributed by atoms with Gasteiger partial charge < -0.3 is 9.64 Å². The summed E-state index contributed by atoms with van der Waals surface area (Å²) >= 11 is 0.606. The van der Waals surface area contributed by atoms with Gasteiger partial charge in [-0.05, 0) is 92.8 Å². The lowest BCUT2D eigenvalue weighted by Crippen LogP contribution is -2.50. The Hall–Kier alpha value is -3.10. The number of halogens is 9. The normalized spacial score (nSPS) is 19.3. The summed E-state index contributed by atoms with van der Waals surface area (Å²) < 4.78 is 128. The Bertz CT molecular complexity index is 1340. The lowest BCUT2D eigenvalue weighted by Gasteiger charge is -2.44. The smallest absolute Gasteiger partial charge is 0.416 e. The fraction of sp³-hybridized carbons (Fsp3) is 0.500. The Morgan fingerprint density at radius 3 is 1.93 bits per heavy atom. The number of rotatable bonds is 5. The molecular weight excluding hydrogens is 615 g/mol. The summed E-state index contributed by atoms with van der Waals surface area (Å²) in [6, 6.07) is 1.66. The molecule has 2 aromatic rings. The minimum Gasteiger partial charge on any atom is -0.446 e. The van der Waals surface area contributed by atoms with Crippen LogP contribution in [0.3, 0.4) is 0 Å². The van der Waals surface area contributed by atoms with Gasteiger partial charge in [-0.2, -0.15) is 39.5 Å². The molecule has 1 heterocycles. The van der Waals surface area contributed by atoms with Crippen LogP contribution in [0, 0.1) is 5.92 Å². The van der Waals surface area contributed by atoms with E-state index in [0.29, 0.717) is 36.7 Å². The third-order valence-electron chi connectivity index (χ3n) is 7.25. The van der Waals surface area contributed by atoms with E-state index in [2.05, 4.69) is 0 Å². The quantitative estimate of drug-likeness (QED) is 0.305. The standard InChI is InChI=1S/C28H27F9N2O3S/c1-14(2)42-24(40)39-21-7-6-17(26(29,30)31)11-20(21)23(12-22(39)16-4-5-16)38(25(41)43-3)13-15-8-18(27(32,33)34)10-19(9-15)28(35,36)37/h6-11,14,16,22-23H,4-5,12-13H2,1-3H3. The first-order valence-electron chi connectivity index (χ1n) is 13.1. The van der Waals surface area contributed by atoms with E-state index in [0.717, 1.165) is 23.1 Å². The molecule has 2 aromatic carbocycles. The topological polar surface area (TPSA) is 49.9 Å². The summed E-state index contributed by atoms with van der Waals surface area (Å²) in [7, 11) is 0. The van der Waals surface area contributed by atoms with Crippen LogP contribution in [0.2, 0.25) is 0 Å². The number of fused-ring (bicyclic) bond motifs is 1. The number of ether oxygens (including phenoxy) is 1. The molecule has 4 rings (SSSR count). The molecule has 2 unspecified atom stereocenters. The van der Waals surface area contributed by atoms with Crippen molar-refractivity contribution in [3.8, 4) is 0 Å². The van der Waals surface area contributed by atoms with Crippen molar-refractivity contribution in [2.45, 2.75) is 76.4 Å². The molecule has 0 aromatic heterocycles. The van der Waals surface area contributed by atoms with Crippen molar-refractivity contribution in [1.82, 2.24) is 4.90 Å². The summed E-state index contributed by atoms with van der Waals surface area (Å²) in [6.45, 7) is 2.42. The molecule has 0 N–H and O–H groups in total. The van der Waals surface area contributed by atoms with Gasteiger partial charge in [0.2, 0.25) is 0 Å². The van der Waals surface area contributed by atoms with Crippen molar-refractivity contribution in [3.05, 3.63) is 64.2 Å². The van der Waals surface area contributed by atoms with Gasteiger partial charge in [-0.15, -0.1) is 0 Å². The average Bonchev–Trinajstić information content (AvgIpc) is 3.73. The van der Waals surface area contributed by atoms with Gasteiger partial charge in [0.1, 0.15) is 0 Å². The lowest BCUT2D eigenvalue weighted by molar-refractivity contribution is -0.143. The third kappa shape index (κ3) is 7.35. The highest BCUT2D eigenvalue weighted by molar-refractivity contribution is 8.12. The molecule has 2 aliphatic rings. The van der Waals surface area contributed by atoms with Gasteiger partial charge in [-0.25, -0.2) is 4.79 Å². The summed E-state index contributed by atoms with van der Waals surface area (Å²) in [6.07, 6.45) is -13.9. The van der Waals surface area contributed by atoms with Gasteiger partial charge in [-0.3, -0.25) is 9.69 Å². The maximum Gasteiger partial charge on any atom is 0.416 e. The average molecular weight is 643 g/mol. The minimum absolute atomic E-state index is 0.0192. The zero-order valence-electron chi connectivity index (χ0n) is 23.0. The van der Waals surface area contributed by atoms with Crippen LogP contribution in [-0.4, -0.2) is 34.6 Å². The van der Waals surface area contributed by atoms with E-state index in [9.17, 15) is 49.1 Å². The molecule has 236 valence electrons. The number of thioether (sulfide) groups is 1. The second kappa shape index (κ2) is 11.8. The minimum atomic E-state index is -5.14. The Balaban J connectivity index is 1.88. The molecule has 0 radical (unpaired) electrons. The van der Waals surface area contributed by atoms with Crippen LogP contribution in [-0.2, 0) is 29.8 Å². The molecular formula is C28H27F9N2O3S. The highest BCUT2D eigenvalue weighted by atomic mass is 32.2. The first kappa shape index (κ1) is 32.8. The molecule has 1 aliphatic heterocycles. The molecule has 43 heavy (non-hydrogen) atoms. The van der Waals surface area contributed by atoms with E-state index < -0.39 is 76.8 Å². The second-order valence-electron chi connectivity index (χ2n) is 10.7. The predicted molar refractivity (Wildman–Crippen MR) is 140 cm³/mol. The molecule has 0 spiro atoms. The van der Waals surface area contributed by atoms with Crippen LogP contribution in [0.5, 0.6) is 0 Å². The monoisotopic (exact) mass is 642 g/mol. The number of anilines is 1. The van der Waals surface area contributed by atoms with E-state index in [-0.39, 0.29) is 29.7 Å². The highest BCUT2D eigenvalue weighted by Gasteiger charge is 2.48. The third-order valence-corrected chi connectivity index (χ3v) is 7.84. The van der Waals surface area contributed by atoms with Crippen molar-refractivity contribution in [3.63, 3.8) is 0 Å². The molecule has 15 heteroatoms. The Morgan fingerprint density at radius 1 is 0.907 bits per heavy atom. The van der Waals surface area contributed by atoms with Crippen LogP contribution >= 0.6 is 11.8 Å². The van der Waals surface area contributed by atoms with E-state index in [4.69, 9.17) is 4.74 Å². The largest absolute Gasteiger partial charge is 0.446 e. The van der Waals surface area contributed by atoms with E-state index in [1.165, 1.54) is 11.2 Å². The number of hydrogen-bond acceptors (Lipinski definition) is 4. The molecule has 2 atom stereocenters. The Morgan fingerprint density at radius 2 is 1.47 bits per heavy atom. The zero-order valence-corrected chi connectivity index (χ0v) is 23.8. The molecule has 1 saturated carbocycles. The van der Waals surface area contributed by atoms with Gasteiger partial charge in [0.25, 0.3) is 5.24 Å². The fourth-order valence-electron chi connectivity index (χ4n) is 5.26. The predicted octanol–water partition coefficient (Wildman–Crippen LogP) is 9.30.